The van der Waals surface area contributed by atoms with Crippen LogP contribution in [0.5, 0.6) is 0 Å². The maximum Gasteiger partial charge on any atom is 0.303 e. The molecule has 0 aromatic rings. The Morgan fingerprint density at radius 1 is 1.33 bits per heavy atom. The number of aliphatic carboxylic acids is 1. The molecule has 1 atom stereocenters. The van der Waals surface area contributed by atoms with E-state index in [1.165, 1.54) is 0 Å². The van der Waals surface area contributed by atoms with E-state index < -0.39 is 5.97 Å². The summed E-state index contributed by atoms with van der Waals surface area (Å²) in [5.41, 5.74) is 0.0632. The van der Waals surface area contributed by atoms with Gasteiger partial charge in [-0.1, -0.05) is 13.8 Å². The molecule has 0 aliphatic heterocycles. The van der Waals surface area contributed by atoms with Crippen molar-refractivity contribution in [2.24, 2.45) is 11.8 Å². The number of carboxylic acids is 1. The van der Waals surface area contributed by atoms with Crippen molar-refractivity contribution in [3.8, 4) is 0 Å². The van der Waals surface area contributed by atoms with E-state index in [9.17, 15) is 4.79 Å². The van der Waals surface area contributed by atoms with E-state index in [-0.39, 0.29) is 17.9 Å². The molecule has 0 aliphatic rings. The van der Waals surface area contributed by atoms with Crippen LogP contribution in [0.1, 0.15) is 47.5 Å². The average Bonchev–Trinajstić information content (AvgIpc) is 1.96. The van der Waals surface area contributed by atoms with Crippen LogP contribution >= 0.6 is 0 Å². The maximum atomic E-state index is 10.7. The fourth-order valence-corrected chi connectivity index (χ4v) is 1.60. The van der Waals surface area contributed by atoms with Crippen molar-refractivity contribution in [3.05, 3.63) is 0 Å². The molecule has 15 heavy (non-hydrogen) atoms. The van der Waals surface area contributed by atoms with Crippen LogP contribution in [0, 0.1) is 11.8 Å². The number of nitrogens with one attached hydrogen (secondary N) is 1. The monoisotopic (exact) mass is 215 g/mol. The largest absolute Gasteiger partial charge is 0.481 e. The van der Waals surface area contributed by atoms with Crippen molar-refractivity contribution in [1.29, 1.82) is 0 Å². The third kappa shape index (κ3) is 9.73. The van der Waals surface area contributed by atoms with Crippen molar-refractivity contribution < 1.29 is 9.90 Å². The highest BCUT2D eigenvalue weighted by Gasteiger charge is 2.17. The maximum absolute atomic E-state index is 10.7. The van der Waals surface area contributed by atoms with Crippen LogP contribution in [0.3, 0.4) is 0 Å². The Bertz CT molecular complexity index is 194. The zero-order chi connectivity index (χ0) is 12.1. The summed E-state index contributed by atoms with van der Waals surface area (Å²) in [7, 11) is 0. The normalized spacial score (nSPS) is 14.3. The van der Waals surface area contributed by atoms with Crippen LogP contribution < -0.4 is 5.32 Å². The van der Waals surface area contributed by atoms with Crippen LogP contribution in [-0.2, 0) is 4.79 Å². The van der Waals surface area contributed by atoms with Crippen LogP contribution in [-0.4, -0.2) is 23.2 Å². The molecule has 0 heterocycles. The van der Waals surface area contributed by atoms with E-state index in [1.54, 1.807) is 0 Å². The quantitative estimate of drug-likeness (QED) is 0.715. The number of carboxylic acid groups (broad SMARTS) is 1. The van der Waals surface area contributed by atoms with Crippen molar-refractivity contribution in [2.45, 2.75) is 53.0 Å². The first-order valence-corrected chi connectivity index (χ1v) is 5.67. The Hall–Kier alpha value is -0.570. The second-order valence-electron chi connectivity index (χ2n) is 5.72. The van der Waals surface area contributed by atoms with Crippen LogP contribution in [0.15, 0.2) is 0 Å². The molecule has 0 saturated heterocycles. The standard InChI is InChI=1S/C12H25NO2/c1-9(2)6-10(7-11(14)15)8-13-12(3,4)5/h9-10,13H,6-8H2,1-5H3,(H,14,15)/t10-/m0/s1. The van der Waals surface area contributed by atoms with Gasteiger partial charge in [-0.05, 0) is 45.6 Å². The lowest BCUT2D eigenvalue weighted by atomic mass is 9.93. The lowest BCUT2D eigenvalue weighted by Crippen LogP contribution is -2.39. The Labute approximate surface area is 93.3 Å². The first kappa shape index (κ1) is 14.4. The van der Waals surface area contributed by atoms with Crippen LogP contribution in [0.25, 0.3) is 0 Å². The molecule has 0 fully saturated rings. The lowest BCUT2D eigenvalue weighted by molar-refractivity contribution is -0.138. The molecule has 0 amide bonds. The van der Waals surface area contributed by atoms with Gasteiger partial charge in [-0.3, -0.25) is 4.79 Å². The van der Waals surface area contributed by atoms with Gasteiger partial charge < -0.3 is 10.4 Å². The van der Waals surface area contributed by atoms with Gasteiger partial charge in [0.15, 0.2) is 0 Å². The highest BCUT2D eigenvalue weighted by Crippen LogP contribution is 2.15. The Morgan fingerprint density at radius 2 is 1.87 bits per heavy atom. The van der Waals surface area contributed by atoms with Crippen molar-refractivity contribution in [1.82, 2.24) is 5.32 Å². The third-order valence-electron chi connectivity index (χ3n) is 2.19. The first-order chi connectivity index (χ1) is 6.70. The van der Waals surface area contributed by atoms with Crippen LogP contribution in [0.4, 0.5) is 0 Å². The minimum absolute atomic E-state index is 0.0632. The molecular weight excluding hydrogens is 190 g/mol. The summed E-state index contributed by atoms with van der Waals surface area (Å²) in [4.78, 5) is 10.7. The smallest absolute Gasteiger partial charge is 0.303 e. The molecule has 0 aliphatic carbocycles. The van der Waals surface area contributed by atoms with E-state index in [0.29, 0.717) is 5.92 Å². The highest BCUT2D eigenvalue weighted by atomic mass is 16.4. The summed E-state index contributed by atoms with van der Waals surface area (Å²) in [6.07, 6.45) is 1.23. The molecule has 0 unspecified atom stereocenters. The Balaban J connectivity index is 4.07. The predicted octanol–water partition coefficient (Wildman–Crippen LogP) is 2.51. The summed E-state index contributed by atoms with van der Waals surface area (Å²) in [6, 6.07) is 0. The molecule has 0 aromatic heterocycles. The van der Waals surface area contributed by atoms with E-state index in [4.69, 9.17) is 5.11 Å². The zero-order valence-electron chi connectivity index (χ0n) is 10.6. The van der Waals surface area contributed by atoms with E-state index in [2.05, 4.69) is 39.9 Å². The fraction of sp³-hybridized carbons (Fsp3) is 0.917. The lowest BCUT2D eigenvalue weighted by Gasteiger charge is -2.25. The fourth-order valence-electron chi connectivity index (χ4n) is 1.60. The summed E-state index contributed by atoms with van der Waals surface area (Å²) in [6.45, 7) is 11.3. The van der Waals surface area contributed by atoms with E-state index in [0.717, 1.165) is 13.0 Å². The van der Waals surface area contributed by atoms with Gasteiger partial charge in [0, 0.05) is 12.0 Å². The number of hydrogen-bond donors (Lipinski definition) is 2. The highest BCUT2D eigenvalue weighted by molar-refractivity contribution is 5.67. The Kier molecular flexibility index (Phi) is 5.88. The SMILES string of the molecule is CC(C)C[C@H](CNC(C)(C)C)CC(=O)O. The molecule has 0 radical (unpaired) electrons. The molecule has 0 spiro atoms. The molecule has 0 rings (SSSR count). The topological polar surface area (TPSA) is 49.3 Å². The number of hydrogen-bond acceptors (Lipinski definition) is 2. The first-order valence-electron chi connectivity index (χ1n) is 5.67. The summed E-state index contributed by atoms with van der Waals surface area (Å²) < 4.78 is 0. The van der Waals surface area contributed by atoms with E-state index >= 15 is 0 Å². The van der Waals surface area contributed by atoms with Gasteiger partial charge in [0.2, 0.25) is 0 Å². The minimum Gasteiger partial charge on any atom is -0.481 e. The van der Waals surface area contributed by atoms with E-state index in [1.807, 2.05) is 0 Å². The Morgan fingerprint density at radius 3 is 2.20 bits per heavy atom. The van der Waals surface area contributed by atoms with Gasteiger partial charge in [0.05, 0.1) is 0 Å². The second-order valence-corrected chi connectivity index (χ2v) is 5.72. The van der Waals surface area contributed by atoms with Gasteiger partial charge in [0.1, 0.15) is 0 Å². The molecule has 0 saturated carbocycles. The minimum atomic E-state index is -0.698. The van der Waals surface area contributed by atoms with Crippen molar-refractivity contribution >= 4 is 5.97 Å². The third-order valence-corrected chi connectivity index (χ3v) is 2.19. The van der Waals surface area contributed by atoms with Gasteiger partial charge in [-0.25, -0.2) is 0 Å². The average molecular weight is 215 g/mol. The number of rotatable bonds is 6. The molecule has 0 bridgehead atoms. The molecular formula is C12H25NO2. The van der Waals surface area contributed by atoms with Gasteiger partial charge >= 0.3 is 5.97 Å². The zero-order valence-corrected chi connectivity index (χ0v) is 10.6. The molecule has 0 aromatic carbocycles. The predicted molar refractivity (Wildman–Crippen MR) is 63.0 cm³/mol. The molecule has 90 valence electrons. The second kappa shape index (κ2) is 6.11. The van der Waals surface area contributed by atoms with Crippen LogP contribution in [0.2, 0.25) is 0 Å². The van der Waals surface area contributed by atoms with Gasteiger partial charge in [-0.15, -0.1) is 0 Å². The summed E-state index contributed by atoms with van der Waals surface area (Å²) in [5, 5.41) is 12.2. The van der Waals surface area contributed by atoms with Gasteiger partial charge in [0.25, 0.3) is 0 Å². The van der Waals surface area contributed by atoms with Gasteiger partial charge in [-0.2, -0.15) is 0 Å². The molecule has 3 heteroatoms. The summed E-state index contributed by atoms with van der Waals surface area (Å²) >= 11 is 0. The van der Waals surface area contributed by atoms with Crippen molar-refractivity contribution in [3.63, 3.8) is 0 Å². The molecule has 3 nitrogen and oxygen atoms in total. The molecule has 2 N–H and O–H groups in total. The number of carbonyl (C=O) groups is 1. The summed E-state index contributed by atoms with van der Waals surface area (Å²) in [5.74, 6) is 0.0919. The van der Waals surface area contributed by atoms with Crippen molar-refractivity contribution in [2.75, 3.05) is 6.54 Å².